The van der Waals surface area contributed by atoms with E-state index in [1.807, 2.05) is 0 Å². The summed E-state index contributed by atoms with van der Waals surface area (Å²) in [4.78, 5) is 39.7. The molecule has 0 bridgehead atoms. The van der Waals surface area contributed by atoms with Crippen molar-refractivity contribution in [3.05, 3.63) is 35.3 Å². The second-order valence-corrected chi connectivity index (χ2v) is 6.80. The Bertz CT molecular complexity index is 1090. The molecule has 148 valence electrons. The summed E-state index contributed by atoms with van der Waals surface area (Å²) in [7, 11) is 1.31. The number of hydrogen-bond acceptors (Lipinski definition) is 4. The van der Waals surface area contributed by atoms with Gasteiger partial charge in [-0.3, -0.25) is 14.4 Å². The molecule has 5 atom stereocenters. The Morgan fingerprint density at radius 2 is 2.15 bits per heavy atom. The smallest absolute Gasteiger partial charge is 0.249 e. The van der Waals surface area contributed by atoms with E-state index in [-0.39, 0.29) is 17.5 Å². The van der Waals surface area contributed by atoms with E-state index in [1.165, 1.54) is 20.9 Å². The van der Waals surface area contributed by atoms with Crippen molar-refractivity contribution in [1.29, 1.82) is 0 Å². The van der Waals surface area contributed by atoms with Gasteiger partial charge in [0.05, 0.1) is 6.85 Å². The molecule has 1 aromatic carbocycles. The highest BCUT2D eigenvalue weighted by atomic mass is 16.3. The third-order valence-electron chi connectivity index (χ3n) is 4.63. The quantitative estimate of drug-likeness (QED) is 0.785. The van der Waals surface area contributed by atoms with Crippen molar-refractivity contribution in [2.24, 2.45) is 11.8 Å². The van der Waals surface area contributed by atoms with Crippen LogP contribution in [0.1, 0.15) is 63.5 Å². The van der Waals surface area contributed by atoms with Crippen molar-refractivity contribution in [1.82, 2.24) is 10.2 Å². The molecule has 2 N–H and O–H groups in total. The van der Waals surface area contributed by atoms with Crippen molar-refractivity contribution in [3.63, 3.8) is 0 Å². The van der Waals surface area contributed by atoms with E-state index in [0.717, 1.165) is 11.8 Å². The van der Waals surface area contributed by atoms with Crippen molar-refractivity contribution >= 4 is 17.6 Å². The van der Waals surface area contributed by atoms with E-state index in [1.54, 1.807) is 0 Å². The standard InChI is InChI=1S/C21H30N2O4/c1-12(2)19(25)17(24)10-13(3)20(26)22-18-16-9-7-6-8-15(16)11-14(4)23(5)21(18)27/h6-9,12-14,18-19,25H,10-11H2,1-5H3,(H,22,26)/t13-,14?,18+,19+/m1/s1/i1D3,6D,7D,8D,9D,12D,14D/t12?,13-,14?,18+,19+. The van der Waals surface area contributed by atoms with Gasteiger partial charge in [-0.05, 0) is 30.4 Å². The predicted octanol–water partition coefficient (Wildman–Crippen LogP) is 1.86. The number of amides is 2. The number of carbonyl (C=O) groups excluding carboxylic acids is 3. The molecular weight excluding hydrogens is 344 g/mol. The van der Waals surface area contributed by atoms with Crippen LogP contribution in [0, 0.1) is 11.8 Å². The lowest BCUT2D eigenvalue weighted by Gasteiger charge is -2.26. The van der Waals surface area contributed by atoms with Crippen LogP contribution in [0.3, 0.4) is 0 Å². The largest absolute Gasteiger partial charge is 0.385 e. The first kappa shape index (κ1) is 11.6. The van der Waals surface area contributed by atoms with E-state index in [9.17, 15) is 19.5 Å². The van der Waals surface area contributed by atoms with E-state index in [4.69, 9.17) is 12.3 Å². The number of nitrogens with one attached hydrogen (secondary N) is 1. The molecule has 0 saturated heterocycles. The van der Waals surface area contributed by atoms with Crippen molar-refractivity contribution < 1.29 is 31.8 Å². The molecule has 0 fully saturated rings. The maximum absolute atomic E-state index is 13.3. The molecule has 0 saturated carbocycles. The molecular formula is C21H30N2O4. The molecule has 1 aliphatic heterocycles. The number of fused-ring (bicyclic) bond motifs is 1. The van der Waals surface area contributed by atoms with Gasteiger partial charge in [0.15, 0.2) is 5.78 Å². The minimum absolute atomic E-state index is 0.00306. The zero-order valence-electron chi connectivity index (χ0n) is 24.8. The van der Waals surface area contributed by atoms with Gasteiger partial charge in [-0.25, -0.2) is 0 Å². The Morgan fingerprint density at radius 1 is 1.48 bits per heavy atom. The molecule has 1 aromatic rings. The van der Waals surface area contributed by atoms with Crippen LogP contribution in [0.2, 0.25) is 0 Å². The van der Waals surface area contributed by atoms with Gasteiger partial charge in [0.25, 0.3) is 0 Å². The molecule has 0 radical (unpaired) electrons. The number of likely N-dealkylation sites (N-methyl/N-ethyl adjacent to an activating group) is 1. The van der Waals surface area contributed by atoms with Crippen LogP contribution < -0.4 is 5.32 Å². The summed E-state index contributed by atoms with van der Waals surface area (Å²) in [5.74, 6) is -6.45. The minimum Gasteiger partial charge on any atom is -0.385 e. The highest BCUT2D eigenvalue weighted by molar-refractivity contribution is 5.93. The van der Waals surface area contributed by atoms with Crippen LogP contribution in [-0.4, -0.2) is 46.8 Å². The Hall–Kier alpha value is -2.21. The fraction of sp³-hybridized carbons (Fsp3) is 0.571. The van der Waals surface area contributed by atoms with E-state index in [0.29, 0.717) is 0 Å². The summed E-state index contributed by atoms with van der Waals surface area (Å²) < 4.78 is 71.1. The Kier molecular flexibility index (Phi) is 3.71. The number of ketones is 1. The van der Waals surface area contributed by atoms with Gasteiger partial charge in [0.2, 0.25) is 11.8 Å². The van der Waals surface area contributed by atoms with Crippen LogP contribution in [0.25, 0.3) is 0 Å². The molecule has 2 amide bonds. The van der Waals surface area contributed by atoms with E-state index in [2.05, 4.69) is 5.32 Å². The number of aliphatic hydroxyl groups is 1. The fourth-order valence-corrected chi connectivity index (χ4v) is 2.78. The molecule has 2 unspecified atom stereocenters. The number of aliphatic hydroxyl groups excluding tert-OH is 1. The molecule has 0 spiro atoms. The SMILES string of the molecule is [2H]c1c([2H])c([2H])c2c(c1[2H])CC([2H])(C)N(C)C(=O)[C@H]2NC(=O)[C@H](C)CC(=O)[C@@H](O)C([2H])(C)C([2H])([2H])[2H]. The van der Waals surface area contributed by atoms with Crippen molar-refractivity contribution in [3.8, 4) is 0 Å². The third kappa shape index (κ3) is 4.75. The number of nitrogens with zero attached hydrogens (tertiary/aromatic N) is 1. The second-order valence-electron chi connectivity index (χ2n) is 6.80. The summed E-state index contributed by atoms with van der Waals surface area (Å²) in [6.07, 6.45) is -3.09. The third-order valence-corrected chi connectivity index (χ3v) is 4.63. The van der Waals surface area contributed by atoms with Crippen LogP contribution in [0.5, 0.6) is 0 Å². The number of carbonyl (C=O) groups is 3. The lowest BCUT2D eigenvalue weighted by molar-refractivity contribution is -0.138. The van der Waals surface area contributed by atoms with Gasteiger partial charge in [-0.1, -0.05) is 44.9 Å². The topological polar surface area (TPSA) is 86.7 Å². The molecule has 1 aliphatic rings. The Morgan fingerprint density at radius 3 is 2.81 bits per heavy atom. The summed E-state index contributed by atoms with van der Waals surface area (Å²) in [6, 6.07) is -5.32. The van der Waals surface area contributed by atoms with Crippen LogP contribution in [-0.2, 0) is 20.8 Å². The summed E-state index contributed by atoms with van der Waals surface area (Å²) in [6.45, 7) is 0.596. The van der Waals surface area contributed by atoms with Gasteiger partial charge in [0, 0.05) is 30.9 Å². The highest BCUT2D eigenvalue weighted by Gasteiger charge is 2.34. The zero-order chi connectivity index (χ0) is 28.1. The van der Waals surface area contributed by atoms with Gasteiger partial charge in [-0.2, -0.15) is 0 Å². The monoisotopic (exact) mass is 383 g/mol. The highest BCUT2D eigenvalue weighted by Crippen LogP contribution is 2.27. The van der Waals surface area contributed by atoms with Gasteiger partial charge < -0.3 is 15.3 Å². The average Bonchev–Trinajstić information content (AvgIpc) is 2.83. The van der Waals surface area contributed by atoms with E-state index < -0.39 is 85.0 Å². The fourth-order valence-electron chi connectivity index (χ4n) is 2.78. The molecule has 6 heteroatoms. The average molecular weight is 384 g/mol. The van der Waals surface area contributed by atoms with E-state index >= 15 is 0 Å². The Labute approximate surface area is 173 Å². The maximum Gasteiger partial charge on any atom is 0.249 e. The Balaban J connectivity index is 2.42. The van der Waals surface area contributed by atoms with Gasteiger partial charge in [0.1, 0.15) is 12.1 Å². The van der Waals surface area contributed by atoms with Crippen LogP contribution >= 0.6 is 0 Å². The van der Waals surface area contributed by atoms with Gasteiger partial charge in [-0.15, -0.1) is 0 Å². The molecule has 0 aromatic heterocycles. The normalized spacial score (nSPS) is 32.2. The lowest BCUT2D eigenvalue weighted by Crippen LogP contribution is -2.44. The number of Topliss-reactive ketones (excluding diaryl/α,β-unsaturated/α-hetero) is 1. The van der Waals surface area contributed by atoms with Gasteiger partial charge >= 0.3 is 0 Å². The first-order valence-corrected chi connectivity index (χ1v) is 8.54. The van der Waals surface area contributed by atoms with Crippen molar-refractivity contribution in [2.75, 3.05) is 7.05 Å². The first-order chi connectivity index (χ1) is 16.2. The molecule has 0 aliphatic carbocycles. The second kappa shape index (κ2) is 8.65. The zero-order valence-corrected chi connectivity index (χ0v) is 15.8. The lowest BCUT2D eigenvalue weighted by atomic mass is 9.94. The number of benzene rings is 1. The molecule has 6 nitrogen and oxygen atoms in total. The predicted molar refractivity (Wildman–Crippen MR) is 103 cm³/mol. The molecule has 2 rings (SSSR count). The summed E-state index contributed by atoms with van der Waals surface area (Å²) >= 11 is 0. The summed E-state index contributed by atoms with van der Waals surface area (Å²) in [5, 5.41) is 12.6. The molecule has 27 heavy (non-hydrogen) atoms. The van der Waals surface area contributed by atoms with Crippen molar-refractivity contribution in [2.45, 2.75) is 58.6 Å². The van der Waals surface area contributed by atoms with Crippen LogP contribution in [0.15, 0.2) is 24.2 Å². The minimum atomic E-state index is -2.97. The molecule has 1 heterocycles. The first-order valence-electron chi connectivity index (χ1n) is 13.0. The van der Waals surface area contributed by atoms with Crippen LogP contribution in [0.4, 0.5) is 0 Å². The maximum atomic E-state index is 13.3. The number of rotatable bonds is 6. The summed E-state index contributed by atoms with van der Waals surface area (Å²) in [5.41, 5.74) is -0.176. The number of hydrogen-bond donors (Lipinski definition) is 2.